The van der Waals surface area contributed by atoms with Gasteiger partial charge in [0.1, 0.15) is 0 Å². The maximum Gasteiger partial charge on any atom is 0.241 e. The first-order valence-electron chi connectivity index (χ1n) is 8.07. The molecule has 0 amide bonds. The van der Waals surface area contributed by atoms with Crippen LogP contribution in [0.4, 0.5) is 0 Å². The van der Waals surface area contributed by atoms with E-state index in [9.17, 15) is 16.8 Å². The minimum atomic E-state index is -3.86. The van der Waals surface area contributed by atoms with Crippen molar-refractivity contribution in [2.75, 3.05) is 0 Å². The van der Waals surface area contributed by atoms with E-state index in [0.29, 0.717) is 16.7 Å². The fraction of sp³-hybridized carbons (Fsp3) is 0.333. The minimum absolute atomic E-state index is 0.0557. The highest BCUT2D eigenvalue weighted by Gasteiger charge is 2.24. The molecule has 0 spiro atoms. The van der Waals surface area contributed by atoms with Gasteiger partial charge in [-0.1, -0.05) is 18.2 Å². The van der Waals surface area contributed by atoms with E-state index in [1.54, 1.807) is 26.8 Å². The van der Waals surface area contributed by atoms with Gasteiger partial charge >= 0.3 is 0 Å². The van der Waals surface area contributed by atoms with Crippen molar-refractivity contribution in [1.82, 2.24) is 4.72 Å². The van der Waals surface area contributed by atoms with Gasteiger partial charge in [0.15, 0.2) is 0 Å². The van der Waals surface area contributed by atoms with Gasteiger partial charge in [-0.2, -0.15) is 0 Å². The van der Waals surface area contributed by atoms with Gasteiger partial charge in [0, 0.05) is 6.04 Å². The fourth-order valence-electron chi connectivity index (χ4n) is 2.90. The second-order valence-corrected chi connectivity index (χ2v) is 9.76. The van der Waals surface area contributed by atoms with Crippen LogP contribution < -0.4 is 9.86 Å². The molecule has 26 heavy (non-hydrogen) atoms. The highest BCUT2D eigenvalue weighted by molar-refractivity contribution is 7.89. The van der Waals surface area contributed by atoms with E-state index >= 15 is 0 Å². The smallest absolute Gasteiger partial charge is 0.225 e. The van der Waals surface area contributed by atoms with Crippen LogP contribution in [0.3, 0.4) is 0 Å². The van der Waals surface area contributed by atoms with E-state index in [2.05, 4.69) is 4.72 Å². The number of nitrogens with two attached hydrogens (primary N) is 1. The predicted molar refractivity (Wildman–Crippen MR) is 102 cm³/mol. The van der Waals surface area contributed by atoms with Crippen LogP contribution in [0.15, 0.2) is 40.1 Å². The lowest BCUT2D eigenvalue weighted by Crippen LogP contribution is -2.28. The van der Waals surface area contributed by atoms with Crippen molar-refractivity contribution in [2.45, 2.75) is 50.5 Å². The average molecular weight is 397 g/mol. The molecule has 0 aliphatic carbocycles. The maximum atomic E-state index is 13.0. The molecule has 1 atom stereocenters. The van der Waals surface area contributed by atoms with Crippen molar-refractivity contribution in [1.29, 1.82) is 0 Å². The molecule has 0 aliphatic heterocycles. The Labute approximate surface area is 155 Å². The standard InChI is InChI=1S/C18H24N2O4S2/c1-11-9-12(2)14(4)18(13(11)3)26(23,24)20-15(5)16-7-6-8-17(10-16)25(19,21)22/h6-10,15,20H,1-5H3,(H2,19,21,22). The van der Waals surface area contributed by atoms with E-state index < -0.39 is 26.1 Å². The van der Waals surface area contributed by atoms with E-state index in [4.69, 9.17) is 5.14 Å². The Bertz CT molecular complexity index is 1030. The Kier molecular flexibility index (Phi) is 5.63. The van der Waals surface area contributed by atoms with Crippen LogP contribution in [0.5, 0.6) is 0 Å². The summed E-state index contributed by atoms with van der Waals surface area (Å²) in [6, 6.07) is 7.28. The predicted octanol–water partition coefficient (Wildman–Crippen LogP) is 2.61. The van der Waals surface area contributed by atoms with Crippen LogP contribution >= 0.6 is 0 Å². The van der Waals surface area contributed by atoms with Gasteiger partial charge < -0.3 is 0 Å². The highest BCUT2D eigenvalue weighted by Crippen LogP contribution is 2.27. The van der Waals surface area contributed by atoms with Gasteiger partial charge in [0.2, 0.25) is 20.0 Å². The number of benzene rings is 2. The summed E-state index contributed by atoms with van der Waals surface area (Å²) < 4.78 is 51.7. The largest absolute Gasteiger partial charge is 0.241 e. The Balaban J connectivity index is 2.46. The van der Waals surface area contributed by atoms with Crippen molar-refractivity contribution in [3.05, 3.63) is 58.1 Å². The molecule has 1 unspecified atom stereocenters. The molecule has 2 aromatic rings. The van der Waals surface area contributed by atoms with E-state index in [1.165, 1.54) is 18.2 Å². The first kappa shape index (κ1) is 20.6. The summed E-state index contributed by atoms with van der Waals surface area (Å²) in [5, 5.41) is 5.15. The van der Waals surface area contributed by atoms with Crippen molar-refractivity contribution in [3.63, 3.8) is 0 Å². The number of sulfonamides is 2. The SMILES string of the molecule is Cc1cc(C)c(C)c(S(=O)(=O)NC(C)c2cccc(S(N)(=O)=O)c2)c1C. The molecule has 142 valence electrons. The molecule has 0 heterocycles. The Morgan fingerprint density at radius 3 is 1.96 bits per heavy atom. The van der Waals surface area contributed by atoms with Gasteiger partial charge in [-0.15, -0.1) is 0 Å². The molecule has 8 heteroatoms. The number of rotatable bonds is 5. The molecule has 0 radical (unpaired) electrons. The monoisotopic (exact) mass is 396 g/mol. The third kappa shape index (κ3) is 4.15. The number of nitrogens with one attached hydrogen (secondary N) is 1. The Hall–Kier alpha value is -1.74. The summed E-state index contributed by atoms with van der Waals surface area (Å²) in [6.45, 7) is 8.97. The lowest BCUT2D eigenvalue weighted by molar-refractivity contribution is 0.565. The van der Waals surface area contributed by atoms with Gasteiger partial charge in [-0.3, -0.25) is 0 Å². The molecule has 0 aromatic heterocycles. The van der Waals surface area contributed by atoms with Crippen molar-refractivity contribution < 1.29 is 16.8 Å². The molecular weight excluding hydrogens is 372 g/mol. The lowest BCUT2D eigenvalue weighted by atomic mass is 10.0. The molecule has 0 saturated heterocycles. The van der Waals surface area contributed by atoms with E-state index in [-0.39, 0.29) is 9.79 Å². The molecule has 3 N–H and O–H groups in total. The number of primary sulfonamides is 1. The minimum Gasteiger partial charge on any atom is -0.225 e. The number of hydrogen-bond acceptors (Lipinski definition) is 4. The van der Waals surface area contributed by atoms with E-state index in [1.807, 2.05) is 19.9 Å². The zero-order valence-electron chi connectivity index (χ0n) is 15.5. The summed E-state index contributed by atoms with van der Waals surface area (Å²) in [5.41, 5.74) is 3.71. The van der Waals surface area contributed by atoms with Crippen molar-refractivity contribution >= 4 is 20.0 Å². The summed E-state index contributed by atoms with van der Waals surface area (Å²) in [5.74, 6) is 0. The second kappa shape index (κ2) is 7.11. The van der Waals surface area contributed by atoms with Crippen LogP contribution in [-0.4, -0.2) is 16.8 Å². The first-order valence-corrected chi connectivity index (χ1v) is 11.1. The van der Waals surface area contributed by atoms with Crippen molar-refractivity contribution in [2.24, 2.45) is 5.14 Å². The van der Waals surface area contributed by atoms with Crippen LogP contribution in [0.1, 0.15) is 40.8 Å². The van der Waals surface area contributed by atoms with Gasteiger partial charge in [0.25, 0.3) is 0 Å². The molecular formula is C18H24N2O4S2. The quantitative estimate of drug-likeness (QED) is 0.810. The topological polar surface area (TPSA) is 106 Å². The summed E-state index contributed by atoms with van der Waals surface area (Å²) in [4.78, 5) is 0.212. The summed E-state index contributed by atoms with van der Waals surface area (Å²) >= 11 is 0. The highest BCUT2D eigenvalue weighted by atomic mass is 32.2. The third-order valence-corrected chi connectivity index (χ3v) is 7.31. The first-order chi connectivity index (χ1) is 11.8. The van der Waals surface area contributed by atoms with Crippen molar-refractivity contribution in [3.8, 4) is 0 Å². The Morgan fingerprint density at radius 2 is 1.46 bits per heavy atom. The third-order valence-electron chi connectivity index (χ3n) is 4.58. The number of aryl methyl sites for hydroxylation is 2. The second-order valence-electron chi connectivity index (χ2n) is 6.55. The normalized spacial score (nSPS) is 13.6. The van der Waals surface area contributed by atoms with Gasteiger partial charge in [-0.05, 0) is 74.6 Å². The molecule has 2 rings (SSSR count). The fourth-order valence-corrected chi connectivity index (χ4v) is 5.32. The van der Waals surface area contributed by atoms with E-state index in [0.717, 1.165) is 11.1 Å². The van der Waals surface area contributed by atoms with Gasteiger partial charge in [0.05, 0.1) is 9.79 Å². The molecule has 0 bridgehead atoms. The van der Waals surface area contributed by atoms with Gasteiger partial charge in [-0.25, -0.2) is 26.7 Å². The van der Waals surface area contributed by atoms with Crippen LogP contribution in [0, 0.1) is 27.7 Å². The molecule has 0 saturated carbocycles. The van der Waals surface area contributed by atoms with Crippen LogP contribution in [-0.2, 0) is 20.0 Å². The average Bonchev–Trinajstić information content (AvgIpc) is 2.52. The summed E-state index contributed by atoms with van der Waals surface area (Å²) in [7, 11) is -7.65. The number of hydrogen-bond donors (Lipinski definition) is 2. The van der Waals surface area contributed by atoms with Crippen LogP contribution in [0.25, 0.3) is 0 Å². The zero-order chi connectivity index (χ0) is 19.9. The summed E-state index contributed by atoms with van der Waals surface area (Å²) in [6.07, 6.45) is 0. The maximum absolute atomic E-state index is 13.0. The molecule has 0 aliphatic rings. The molecule has 0 fully saturated rings. The zero-order valence-corrected chi connectivity index (χ0v) is 17.1. The Morgan fingerprint density at radius 1 is 0.923 bits per heavy atom. The molecule has 2 aromatic carbocycles. The molecule has 6 nitrogen and oxygen atoms in total. The van der Waals surface area contributed by atoms with Crippen LogP contribution in [0.2, 0.25) is 0 Å². The lowest BCUT2D eigenvalue weighted by Gasteiger charge is -2.20.